The summed E-state index contributed by atoms with van der Waals surface area (Å²) >= 11 is 5.85. The maximum absolute atomic E-state index is 12.2. The summed E-state index contributed by atoms with van der Waals surface area (Å²) in [6, 6.07) is 15.7. The molecule has 2 aromatic rings. The number of halogens is 1. The Hall–Kier alpha value is -3.04. The molecule has 0 spiro atoms. The number of carbonyl (C=O) groups excluding carboxylic acids is 2. The zero-order valence-electron chi connectivity index (χ0n) is 13.9. The van der Waals surface area contributed by atoms with Crippen molar-refractivity contribution < 1.29 is 19.1 Å². The second kappa shape index (κ2) is 10.1. The number of benzene rings is 2. The summed E-state index contributed by atoms with van der Waals surface area (Å²) in [5.41, 5.74) is 1.13. The molecule has 2 rings (SSSR count). The molecule has 7 heteroatoms. The van der Waals surface area contributed by atoms with Crippen LogP contribution in [-0.4, -0.2) is 25.0 Å². The predicted octanol–water partition coefficient (Wildman–Crippen LogP) is 3.11. The zero-order chi connectivity index (χ0) is 18.8. The summed E-state index contributed by atoms with van der Waals surface area (Å²) in [7, 11) is 0. The van der Waals surface area contributed by atoms with E-state index in [4.69, 9.17) is 26.3 Å². The van der Waals surface area contributed by atoms with Crippen LogP contribution in [-0.2, 0) is 16.1 Å². The van der Waals surface area contributed by atoms with Gasteiger partial charge in [-0.3, -0.25) is 4.79 Å². The fourth-order valence-electron chi connectivity index (χ4n) is 2.02. The van der Waals surface area contributed by atoms with Gasteiger partial charge in [-0.05, 0) is 29.8 Å². The van der Waals surface area contributed by atoms with Gasteiger partial charge in [0.15, 0.2) is 6.61 Å². The Kier molecular flexibility index (Phi) is 7.47. The molecule has 0 fully saturated rings. The summed E-state index contributed by atoms with van der Waals surface area (Å²) in [5, 5.41) is 11.5. The van der Waals surface area contributed by atoms with Crippen molar-refractivity contribution in [3.05, 3.63) is 64.7 Å². The molecular formula is C19H17ClN2O4. The van der Waals surface area contributed by atoms with Crippen molar-refractivity contribution in [2.45, 2.75) is 13.0 Å². The van der Waals surface area contributed by atoms with E-state index in [9.17, 15) is 9.59 Å². The molecular weight excluding hydrogens is 356 g/mol. The second-order valence-corrected chi connectivity index (χ2v) is 5.68. The van der Waals surface area contributed by atoms with E-state index < -0.39 is 18.5 Å². The van der Waals surface area contributed by atoms with E-state index in [1.54, 1.807) is 36.4 Å². The summed E-state index contributed by atoms with van der Waals surface area (Å²) in [6.07, 6.45) is 0.195. The number of esters is 1. The first-order valence-corrected chi connectivity index (χ1v) is 8.25. The van der Waals surface area contributed by atoms with Crippen molar-refractivity contribution in [3.63, 3.8) is 0 Å². The van der Waals surface area contributed by atoms with E-state index in [2.05, 4.69) is 5.32 Å². The van der Waals surface area contributed by atoms with Crippen LogP contribution in [0, 0.1) is 11.3 Å². The number of amides is 1. The number of para-hydroxylation sites is 1. The summed E-state index contributed by atoms with van der Waals surface area (Å²) in [4.78, 5) is 23.7. The van der Waals surface area contributed by atoms with Gasteiger partial charge in [0.05, 0.1) is 12.5 Å². The van der Waals surface area contributed by atoms with Crippen LogP contribution in [0.4, 0.5) is 0 Å². The van der Waals surface area contributed by atoms with Crippen LogP contribution in [0.1, 0.15) is 22.3 Å². The van der Waals surface area contributed by atoms with Gasteiger partial charge in [-0.2, -0.15) is 5.26 Å². The third-order valence-electron chi connectivity index (χ3n) is 3.31. The van der Waals surface area contributed by atoms with Crippen molar-refractivity contribution in [1.29, 1.82) is 5.26 Å². The van der Waals surface area contributed by atoms with Gasteiger partial charge in [-0.15, -0.1) is 0 Å². The SMILES string of the molecule is N#CCCNC(=O)COC(=O)c1ccccc1OCc1ccc(Cl)cc1. The van der Waals surface area contributed by atoms with Gasteiger partial charge in [0.1, 0.15) is 17.9 Å². The second-order valence-electron chi connectivity index (χ2n) is 5.25. The van der Waals surface area contributed by atoms with Gasteiger partial charge in [0.25, 0.3) is 5.91 Å². The average molecular weight is 373 g/mol. The topological polar surface area (TPSA) is 88.4 Å². The van der Waals surface area contributed by atoms with Gasteiger partial charge >= 0.3 is 5.97 Å². The number of hydrogen-bond acceptors (Lipinski definition) is 5. The number of nitrogens with one attached hydrogen (secondary N) is 1. The van der Waals surface area contributed by atoms with Crippen molar-refractivity contribution in [2.75, 3.05) is 13.2 Å². The molecule has 0 heterocycles. The molecule has 2 aromatic carbocycles. The zero-order valence-corrected chi connectivity index (χ0v) is 14.7. The number of ether oxygens (including phenoxy) is 2. The Labute approximate surface area is 156 Å². The molecule has 0 bridgehead atoms. The van der Waals surface area contributed by atoms with Crippen LogP contribution in [0.15, 0.2) is 48.5 Å². The first-order valence-electron chi connectivity index (χ1n) is 7.87. The lowest BCUT2D eigenvalue weighted by Crippen LogP contribution is -2.29. The molecule has 26 heavy (non-hydrogen) atoms. The lowest BCUT2D eigenvalue weighted by molar-refractivity contribution is -0.124. The normalized spacial score (nSPS) is 9.85. The largest absolute Gasteiger partial charge is 0.488 e. The highest BCUT2D eigenvalue weighted by Crippen LogP contribution is 2.21. The molecule has 6 nitrogen and oxygen atoms in total. The lowest BCUT2D eigenvalue weighted by atomic mass is 10.2. The summed E-state index contributed by atoms with van der Waals surface area (Å²) in [5.74, 6) is -0.766. The third-order valence-corrected chi connectivity index (χ3v) is 3.56. The molecule has 134 valence electrons. The standard InChI is InChI=1S/C19H17ClN2O4/c20-15-8-6-14(7-9-15)12-25-17-5-2-1-4-16(17)19(24)26-13-18(23)22-11-3-10-21/h1-2,4-9H,3,11-13H2,(H,22,23). The van der Waals surface area contributed by atoms with Crippen LogP contribution in [0.5, 0.6) is 5.75 Å². The highest BCUT2D eigenvalue weighted by molar-refractivity contribution is 6.30. The van der Waals surface area contributed by atoms with Crippen molar-refractivity contribution in [1.82, 2.24) is 5.32 Å². The molecule has 0 unspecified atom stereocenters. The number of nitriles is 1. The molecule has 0 aliphatic heterocycles. The van der Waals surface area contributed by atoms with Crippen LogP contribution >= 0.6 is 11.6 Å². The first-order chi connectivity index (χ1) is 12.6. The molecule has 1 amide bonds. The van der Waals surface area contributed by atoms with Crippen molar-refractivity contribution in [2.24, 2.45) is 0 Å². The fraction of sp³-hybridized carbons (Fsp3) is 0.211. The van der Waals surface area contributed by atoms with E-state index in [1.165, 1.54) is 0 Å². The van der Waals surface area contributed by atoms with Gasteiger partial charge in [-0.1, -0.05) is 35.9 Å². The number of nitrogens with zero attached hydrogens (tertiary/aromatic N) is 1. The third kappa shape index (κ3) is 6.11. The van der Waals surface area contributed by atoms with Gasteiger partial charge in [0.2, 0.25) is 0 Å². The minimum absolute atomic E-state index is 0.195. The first kappa shape index (κ1) is 19.3. The Balaban J connectivity index is 1.92. The number of carbonyl (C=O) groups is 2. The Morgan fingerprint density at radius 1 is 1.12 bits per heavy atom. The fourth-order valence-corrected chi connectivity index (χ4v) is 2.15. The minimum atomic E-state index is -0.660. The highest BCUT2D eigenvalue weighted by atomic mass is 35.5. The molecule has 1 N–H and O–H groups in total. The Bertz CT molecular complexity index is 800. The van der Waals surface area contributed by atoms with Crippen LogP contribution in [0.3, 0.4) is 0 Å². The Morgan fingerprint density at radius 3 is 2.58 bits per heavy atom. The lowest BCUT2D eigenvalue weighted by Gasteiger charge is -2.11. The molecule has 0 saturated heterocycles. The summed E-state index contributed by atoms with van der Waals surface area (Å²) < 4.78 is 10.7. The molecule has 0 radical (unpaired) electrons. The van der Waals surface area contributed by atoms with E-state index in [0.29, 0.717) is 10.8 Å². The maximum Gasteiger partial charge on any atom is 0.342 e. The van der Waals surface area contributed by atoms with E-state index in [0.717, 1.165) is 5.56 Å². The van der Waals surface area contributed by atoms with Crippen molar-refractivity contribution >= 4 is 23.5 Å². The predicted molar refractivity (Wildman–Crippen MR) is 95.7 cm³/mol. The maximum atomic E-state index is 12.2. The van der Waals surface area contributed by atoms with Crippen LogP contribution in [0.2, 0.25) is 5.02 Å². The van der Waals surface area contributed by atoms with Crippen molar-refractivity contribution in [3.8, 4) is 11.8 Å². The van der Waals surface area contributed by atoms with E-state index in [-0.39, 0.29) is 25.1 Å². The molecule has 0 saturated carbocycles. The average Bonchev–Trinajstić information content (AvgIpc) is 2.66. The quantitative estimate of drug-likeness (QED) is 0.568. The smallest absolute Gasteiger partial charge is 0.342 e. The highest BCUT2D eigenvalue weighted by Gasteiger charge is 2.15. The molecule has 0 aromatic heterocycles. The summed E-state index contributed by atoms with van der Waals surface area (Å²) in [6.45, 7) is 0.0551. The minimum Gasteiger partial charge on any atom is -0.488 e. The van der Waals surface area contributed by atoms with Gasteiger partial charge < -0.3 is 14.8 Å². The van der Waals surface area contributed by atoms with Crippen LogP contribution in [0.25, 0.3) is 0 Å². The number of hydrogen-bond donors (Lipinski definition) is 1. The molecule has 0 aliphatic rings. The molecule has 0 aliphatic carbocycles. The van der Waals surface area contributed by atoms with E-state index >= 15 is 0 Å². The molecule has 0 atom stereocenters. The monoisotopic (exact) mass is 372 g/mol. The number of rotatable bonds is 8. The van der Waals surface area contributed by atoms with Gasteiger partial charge in [-0.25, -0.2) is 4.79 Å². The van der Waals surface area contributed by atoms with Crippen LogP contribution < -0.4 is 10.1 Å². The van der Waals surface area contributed by atoms with Gasteiger partial charge in [0, 0.05) is 11.6 Å². The Morgan fingerprint density at radius 2 is 1.85 bits per heavy atom. The van der Waals surface area contributed by atoms with E-state index in [1.807, 2.05) is 18.2 Å².